The molecule has 27 heavy (non-hydrogen) atoms. The molecule has 0 saturated heterocycles. The molecule has 1 aromatic carbocycles. The van der Waals surface area contributed by atoms with Crippen molar-refractivity contribution in [2.45, 2.75) is 63.2 Å². The molecule has 0 fully saturated rings. The van der Waals surface area contributed by atoms with Crippen LogP contribution in [0.1, 0.15) is 56.2 Å². The third kappa shape index (κ3) is 4.28. The van der Waals surface area contributed by atoms with Crippen LogP contribution >= 0.6 is 11.8 Å². The van der Waals surface area contributed by atoms with Crippen LogP contribution in [-0.2, 0) is 19.1 Å². The monoisotopic (exact) mass is 398 g/mol. The van der Waals surface area contributed by atoms with Gasteiger partial charge in [-0.2, -0.15) is 13.2 Å². The second-order valence-corrected chi connectivity index (χ2v) is 7.56. The smallest absolute Gasteiger partial charge is 0.416 e. The molecule has 0 saturated carbocycles. The highest BCUT2D eigenvalue weighted by Crippen LogP contribution is 2.37. The maximum absolute atomic E-state index is 13.0. The number of benzene rings is 1. The zero-order valence-electron chi connectivity index (χ0n) is 15.4. The summed E-state index contributed by atoms with van der Waals surface area (Å²) in [5.74, 6) is 1.05. The first-order chi connectivity index (χ1) is 12.8. The van der Waals surface area contributed by atoms with Crippen molar-refractivity contribution in [3.05, 3.63) is 35.5 Å². The van der Waals surface area contributed by atoms with E-state index in [4.69, 9.17) is 4.42 Å². The van der Waals surface area contributed by atoms with Crippen LogP contribution < -0.4 is 0 Å². The van der Waals surface area contributed by atoms with E-state index in [-0.39, 0.29) is 5.25 Å². The second-order valence-electron chi connectivity index (χ2n) is 6.25. The maximum Gasteiger partial charge on any atom is 0.416 e. The first-order valence-electron chi connectivity index (χ1n) is 8.89. The summed E-state index contributed by atoms with van der Waals surface area (Å²) in [5, 5.41) is 8.52. The molecule has 0 N–H and O–H groups in total. The number of hydrogen-bond donors (Lipinski definition) is 0. The summed E-state index contributed by atoms with van der Waals surface area (Å²) in [7, 11) is 0. The van der Waals surface area contributed by atoms with E-state index in [1.54, 1.807) is 0 Å². The molecule has 0 bridgehead atoms. The van der Waals surface area contributed by atoms with Gasteiger partial charge in [0.1, 0.15) is 0 Å². The fourth-order valence-electron chi connectivity index (χ4n) is 2.69. The molecule has 3 aromatic rings. The van der Waals surface area contributed by atoms with Gasteiger partial charge in [0, 0.05) is 13.0 Å². The molecule has 2 heterocycles. The number of fused-ring (bicyclic) bond motifs is 1. The SMILES string of the molecule is CCCCn1c(SC(C)c2nnc(CC)o2)nc2cc(C(F)(F)F)ccc21. The highest BCUT2D eigenvalue weighted by atomic mass is 32.2. The Hall–Kier alpha value is -2.03. The van der Waals surface area contributed by atoms with Crippen molar-refractivity contribution in [2.24, 2.45) is 0 Å². The number of rotatable bonds is 7. The summed E-state index contributed by atoms with van der Waals surface area (Å²) in [6, 6.07) is 3.71. The predicted molar refractivity (Wildman–Crippen MR) is 97.6 cm³/mol. The average molecular weight is 398 g/mol. The van der Waals surface area contributed by atoms with E-state index < -0.39 is 11.7 Å². The lowest BCUT2D eigenvalue weighted by Crippen LogP contribution is -2.04. The quantitative estimate of drug-likeness (QED) is 0.481. The molecule has 2 aromatic heterocycles. The number of thioether (sulfide) groups is 1. The number of aryl methyl sites for hydroxylation is 2. The predicted octanol–water partition coefficient (Wildman–Crippen LogP) is 5.65. The third-order valence-corrected chi connectivity index (χ3v) is 5.27. The highest BCUT2D eigenvalue weighted by Gasteiger charge is 2.31. The van der Waals surface area contributed by atoms with E-state index in [0.29, 0.717) is 40.9 Å². The minimum Gasteiger partial charge on any atom is -0.424 e. The topological polar surface area (TPSA) is 56.7 Å². The van der Waals surface area contributed by atoms with Crippen LogP contribution in [0, 0.1) is 0 Å². The van der Waals surface area contributed by atoms with Crippen molar-refractivity contribution in [3.63, 3.8) is 0 Å². The molecule has 0 spiro atoms. The fourth-order valence-corrected chi connectivity index (χ4v) is 3.67. The second kappa shape index (κ2) is 7.92. The highest BCUT2D eigenvalue weighted by molar-refractivity contribution is 7.99. The summed E-state index contributed by atoms with van der Waals surface area (Å²) in [5.41, 5.74) is 0.352. The molecule has 0 aliphatic rings. The third-order valence-electron chi connectivity index (χ3n) is 4.19. The van der Waals surface area contributed by atoms with Crippen LogP contribution in [0.4, 0.5) is 13.2 Å². The number of aromatic nitrogens is 4. The Morgan fingerprint density at radius 2 is 2.00 bits per heavy atom. The average Bonchev–Trinajstić information content (AvgIpc) is 3.23. The van der Waals surface area contributed by atoms with Gasteiger partial charge in [0.25, 0.3) is 0 Å². The molecule has 1 unspecified atom stereocenters. The Labute approximate surface area is 159 Å². The van der Waals surface area contributed by atoms with Gasteiger partial charge in [0.05, 0.1) is 21.8 Å². The molecular weight excluding hydrogens is 377 g/mol. The number of unbranched alkanes of at least 4 members (excludes halogenated alkanes) is 1. The van der Waals surface area contributed by atoms with Crippen LogP contribution in [-0.4, -0.2) is 19.7 Å². The lowest BCUT2D eigenvalue weighted by Gasteiger charge is -2.11. The number of nitrogens with zero attached hydrogens (tertiary/aromatic N) is 4. The maximum atomic E-state index is 13.0. The molecule has 3 rings (SSSR count). The van der Waals surface area contributed by atoms with E-state index in [9.17, 15) is 13.2 Å². The van der Waals surface area contributed by atoms with Crippen LogP contribution in [0.15, 0.2) is 27.8 Å². The van der Waals surface area contributed by atoms with E-state index in [1.807, 2.05) is 18.4 Å². The zero-order chi connectivity index (χ0) is 19.6. The van der Waals surface area contributed by atoms with Gasteiger partial charge < -0.3 is 8.98 Å². The van der Waals surface area contributed by atoms with Gasteiger partial charge in [0.2, 0.25) is 11.8 Å². The fraction of sp³-hybridized carbons (Fsp3) is 0.500. The normalized spacial score (nSPS) is 13.4. The lowest BCUT2D eigenvalue weighted by atomic mass is 10.2. The Balaban J connectivity index is 1.96. The Morgan fingerprint density at radius 1 is 1.22 bits per heavy atom. The minimum absolute atomic E-state index is 0.155. The molecule has 146 valence electrons. The van der Waals surface area contributed by atoms with Crippen molar-refractivity contribution in [1.29, 1.82) is 0 Å². The lowest BCUT2D eigenvalue weighted by molar-refractivity contribution is -0.137. The summed E-state index contributed by atoms with van der Waals surface area (Å²) < 4.78 is 46.6. The Kier molecular flexibility index (Phi) is 5.78. The molecule has 5 nitrogen and oxygen atoms in total. The summed E-state index contributed by atoms with van der Waals surface area (Å²) >= 11 is 1.41. The summed E-state index contributed by atoms with van der Waals surface area (Å²) in [6.07, 6.45) is -1.85. The van der Waals surface area contributed by atoms with E-state index >= 15 is 0 Å². The van der Waals surface area contributed by atoms with Gasteiger partial charge in [-0.25, -0.2) is 4.98 Å². The number of halogens is 3. The van der Waals surface area contributed by atoms with E-state index in [0.717, 1.165) is 25.0 Å². The van der Waals surface area contributed by atoms with Crippen molar-refractivity contribution < 1.29 is 17.6 Å². The van der Waals surface area contributed by atoms with Crippen LogP contribution in [0.25, 0.3) is 11.0 Å². The van der Waals surface area contributed by atoms with Crippen molar-refractivity contribution in [2.75, 3.05) is 0 Å². The minimum atomic E-state index is -4.39. The Bertz CT molecular complexity index is 919. The van der Waals surface area contributed by atoms with Gasteiger partial charge in [-0.15, -0.1) is 10.2 Å². The largest absolute Gasteiger partial charge is 0.424 e. The summed E-state index contributed by atoms with van der Waals surface area (Å²) in [6.45, 7) is 6.61. The zero-order valence-corrected chi connectivity index (χ0v) is 16.2. The molecule has 9 heteroatoms. The standard InChI is InChI=1S/C18H21F3N4OS/c1-4-6-9-25-14-8-7-12(18(19,20)21)10-13(14)22-17(25)27-11(3)16-24-23-15(5-2)26-16/h7-8,10-11H,4-6,9H2,1-3H3. The van der Waals surface area contributed by atoms with Gasteiger partial charge in [-0.05, 0) is 31.5 Å². The van der Waals surface area contributed by atoms with Crippen molar-refractivity contribution >= 4 is 22.8 Å². The van der Waals surface area contributed by atoms with Gasteiger partial charge in [0.15, 0.2) is 5.16 Å². The van der Waals surface area contributed by atoms with E-state index in [2.05, 4.69) is 22.1 Å². The first kappa shape index (κ1) is 19.7. The van der Waals surface area contributed by atoms with Crippen molar-refractivity contribution in [1.82, 2.24) is 19.7 Å². The van der Waals surface area contributed by atoms with Gasteiger partial charge in [-0.3, -0.25) is 0 Å². The Morgan fingerprint density at radius 3 is 2.63 bits per heavy atom. The molecular formula is C18H21F3N4OS. The van der Waals surface area contributed by atoms with E-state index in [1.165, 1.54) is 17.8 Å². The molecule has 0 radical (unpaired) electrons. The number of alkyl halides is 3. The number of hydrogen-bond acceptors (Lipinski definition) is 5. The summed E-state index contributed by atoms with van der Waals surface area (Å²) in [4.78, 5) is 4.47. The number of imidazole rings is 1. The molecule has 1 atom stereocenters. The van der Waals surface area contributed by atoms with Crippen molar-refractivity contribution in [3.8, 4) is 0 Å². The van der Waals surface area contributed by atoms with Crippen LogP contribution in [0.2, 0.25) is 0 Å². The van der Waals surface area contributed by atoms with Crippen LogP contribution in [0.5, 0.6) is 0 Å². The first-order valence-corrected chi connectivity index (χ1v) is 9.77. The molecule has 0 aliphatic carbocycles. The molecule has 0 aliphatic heterocycles. The van der Waals surface area contributed by atoms with Gasteiger partial charge in [-0.1, -0.05) is 32.0 Å². The van der Waals surface area contributed by atoms with Gasteiger partial charge >= 0.3 is 6.18 Å². The molecule has 0 amide bonds. The van der Waals surface area contributed by atoms with Crippen LogP contribution in [0.3, 0.4) is 0 Å².